The van der Waals surface area contributed by atoms with Gasteiger partial charge < -0.3 is 0 Å². The van der Waals surface area contributed by atoms with Crippen LogP contribution in [-0.2, 0) is 0 Å². The Bertz CT molecular complexity index is 262. The number of thiazole rings is 1. The van der Waals surface area contributed by atoms with Gasteiger partial charge in [0.05, 0.1) is 15.4 Å². The Morgan fingerprint density at radius 3 is 2.67 bits per heavy atom. The summed E-state index contributed by atoms with van der Waals surface area (Å²) in [5, 5.41) is 0.969. The topological polar surface area (TPSA) is 12.9 Å². The maximum atomic E-state index is 4.06. The zero-order chi connectivity index (χ0) is 6.69. The molecule has 0 fully saturated rings. The van der Waals surface area contributed by atoms with E-state index in [9.17, 15) is 0 Å². The fourth-order valence-corrected chi connectivity index (χ4v) is 2.07. The summed E-state index contributed by atoms with van der Waals surface area (Å²) in [6, 6.07) is 0. The van der Waals surface area contributed by atoms with Crippen LogP contribution in [0.1, 0.15) is 0 Å². The highest BCUT2D eigenvalue weighted by Crippen LogP contribution is 1.84. The van der Waals surface area contributed by atoms with E-state index in [1.54, 1.807) is 21.8 Å². The van der Waals surface area contributed by atoms with Crippen molar-refractivity contribution in [2.24, 2.45) is 0 Å². The molecule has 0 N–H and O–H groups in total. The monoisotopic (exact) mass is 267 g/mol. The van der Waals surface area contributed by atoms with Crippen molar-refractivity contribution in [3.8, 4) is 0 Å². The van der Waals surface area contributed by atoms with Crippen molar-refractivity contribution < 1.29 is 0 Å². The smallest absolute Gasteiger partial charge is 0.0886 e. The number of hydrogen-bond donors (Lipinski definition) is 0. The van der Waals surface area contributed by atoms with Gasteiger partial charge >= 0.3 is 0 Å². The minimum atomic E-state index is 0.969. The van der Waals surface area contributed by atoms with Gasteiger partial charge in [-0.3, -0.25) is 0 Å². The van der Waals surface area contributed by atoms with Crippen LogP contribution in [0.2, 0.25) is 0 Å². The molecule has 1 aromatic rings. The molecule has 48 valence electrons. The molecule has 0 amide bonds. The molecule has 9 heavy (non-hydrogen) atoms. The predicted molar refractivity (Wildman–Crippen MR) is 48.1 cm³/mol. The van der Waals surface area contributed by atoms with Crippen molar-refractivity contribution >= 4 is 53.2 Å². The maximum Gasteiger partial charge on any atom is 0.0886 e. The number of aromatic nitrogens is 1. The number of halogens is 2. The van der Waals surface area contributed by atoms with Crippen molar-refractivity contribution in [1.29, 1.82) is 0 Å². The molecule has 1 heterocycles. The zero-order valence-corrected chi connectivity index (χ0v) is 8.33. The highest BCUT2D eigenvalue weighted by molar-refractivity contribution is 9.14. The van der Waals surface area contributed by atoms with Gasteiger partial charge in [0.15, 0.2) is 0 Å². The number of rotatable bonds is 0. The summed E-state index contributed by atoms with van der Waals surface area (Å²) in [5.74, 6) is 0. The molecule has 1 rings (SSSR count). The summed E-state index contributed by atoms with van der Waals surface area (Å²) in [7, 11) is 0. The molecule has 0 bridgehead atoms. The fraction of sp³-hybridized carbons (Fsp3) is 0. The van der Waals surface area contributed by atoms with Gasteiger partial charge in [0, 0.05) is 9.97 Å². The third-order valence-electron chi connectivity index (χ3n) is 0.826. The first-order valence-electron chi connectivity index (χ1n) is 2.19. The SMILES string of the molecule is Br/C=c1\scn\c1=C\Br. The van der Waals surface area contributed by atoms with Crippen LogP contribution in [0, 0.1) is 0 Å². The Morgan fingerprint density at radius 2 is 2.22 bits per heavy atom. The van der Waals surface area contributed by atoms with Crippen molar-refractivity contribution in [3.05, 3.63) is 15.4 Å². The van der Waals surface area contributed by atoms with Crippen LogP contribution in [0.5, 0.6) is 0 Å². The average molecular weight is 269 g/mol. The lowest BCUT2D eigenvalue weighted by Crippen LogP contribution is -2.18. The third kappa shape index (κ3) is 1.63. The number of hydrogen-bond acceptors (Lipinski definition) is 2. The van der Waals surface area contributed by atoms with Crippen LogP contribution in [-0.4, -0.2) is 4.98 Å². The molecule has 0 aromatic carbocycles. The minimum absolute atomic E-state index is 0.969. The maximum absolute atomic E-state index is 4.06. The molecular formula is C5H3Br2NS. The molecule has 0 radical (unpaired) electrons. The van der Waals surface area contributed by atoms with Gasteiger partial charge in [-0.2, -0.15) is 0 Å². The lowest BCUT2D eigenvalue weighted by Gasteiger charge is -1.67. The lowest BCUT2D eigenvalue weighted by atomic mass is 10.7. The zero-order valence-electron chi connectivity index (χ0n) is 4.34. The van der Waals surface area contributed by atoms with Gasteiger partial charge in [-0.25, -0.2) is 4.98 Å². The summed E-state index contributed by atoms with van der Waals surface area (Å²) in [6.45, 7) is 0. The first kappa shape index (κ1) is 7.44. The summed E-state index contributed by atoms with van der Waals surface area (Å²) in [4.78, 5) is 7.72. The van der Waals surface area contributed by atoms with E-state index in [1.807, 2.05) is 4.99 Å². The molecule has 0 saturated heterocycles. The van der Waals surface area contributed by atoms with Gasteiger partial charge in [0.25, 0.3) is 0 Å². The van der Waals surface area contributed by atoms with Gasteiger partial charge in [0.1, 0.15) is 0 Å². The molecule has 0 aliphatic carbocycles. The molecule has 0 spiro atoms. The summed E-state index contributed by atoms with van der Waals surface area (Å²) in [5.41, 5.74) is 1.81. The van der Waals surface area contributed by atoms with Crippen molar-refractivity contribution in [3.63, 3.8) is 0 Å². The van der Waals surface area contributed by atoms with E-state index in [1.165, 1.54) is 0 Å². The van der Waals surface area contributed by atoms with Crippen molar-refractivity contribution in [1.82, 2.24) is 4.98 Å². The molecule has 1 nitrogen and oxygen atoms in total. The largest absolute Gasteiger partial charge is 0.244 e. The van der Waals surface area contributed by atoms with E-state index < -0.39 is 0 Å². The van der Waals surface area contributed by atoms with Crippen molar-refractivity contribution in [2.45, 2.75) is 0 Å². The predicted octanol–water partition coefficient (Wildman–Crippen LogP) is 1.41. The van der Waals surface area contributed by atoms with E-state index >= 15 is 0 Å². The summed E-state index contributed by atoms with van der Waals surface area (Å²) < 4.78 is 1.13. The molecule has 0 aliphatic rings. The molecule has 1 aromatic heterocycles. The highest BCUT2D eigenvalue weighted by Gasteiger charge is 1.83. The van der Waals surface area contributed by atoms with E-state index in [2.05, 4.69) is 36.8 Å². The van der Waals surface area contributed by atoms with Crippen LogP contribution in [0.25, 0.3) is 9.97 Å². The second-order valence-electron chi connectivity index (χ2n) is 1.32. The molecule has 4 heteroatoms. The number of nitrogens with zero attached hydrogens (tertiary/aromatic N) is 1. The molecule has 0 aliphatic heterocycles. The summed E-state index contributed by atoms with van der Waals surface area (Å²) >= 11 is 8.04. The van der Waals surface area contributed by atoms with E-state index in [-0.39, 0.29) is 0 Å². The Kier molecular flexibility index (Phi) is 2.88. The first-order chi connectivity index (χ1) is 4.38. The Labute approximate surface area is 73.4 Å². The second kappa shape index (κ2) is 3.49. The molecule has 0 saturated carbocycles. The van der Waals surface area contributed by atoms with Gasteiger partial charge in [-0.05, 0) is 0 Å². The van der Waals surface area contributed by atoms with Crippen LogP contribution >= 0.6 is 43.2 Å². The third-order valence-corrected chi connectivity index (χ3v) is 2.81. The molecular weight excluding hydrogens is 266 g/mol. The minimum Gasteiger partial charge on any atom is -0.244 e. The van der Waals surface area contributed by atoms with Crippen molar-refractivity contribution in [2.75, 3.05) is 0 Å². The normalized spacial score (nSPS) is 14.9. The Hall–Kier alpha value is 0.330. The molecule has 0 atom stereocenters. The van der Waals surface area contributed by atoms with Crippen LogP contribution < -0.4 is 9.88 Å². The van der Waals surface area contributed by atoms with Gasteiger partial charge in [-0.15, -0.1) is 11.3 Å². The van der Waals surface area contributed by atoms with E-state index in [0.717, 1.165) is 9.88 Å². The second-order valence-corrected chi connectivity index (χ2v) is 3.12. The quantitative estimate of drug-likeness (QED) is 0.694. The van der Waals surface area contributed by atoms with Gasteiger partial charge in [-0.1, -0.05) is 31.9 Å². The Morgan fingerprint density at radius 1 is 1.44 bits per heavy atom. The first-order valence-corrected chi connectivity index (χ1v) is 4.90. The van der Waals surface area contributed by atoms with Crippen LogP contribution in [0.15, 0.2) is 5.51 Å². The highest BCUT2D eigenvalue weighted by atomic mass is 79.9. The fourth-order valence-electron chi connectivity index (χ4n) is 0.427. The lowest BCUT2D eigenvalue weighted by molar-refractivity contribution is 1.33. The van der Waals surface area contributed by atoms with Crippen LogP contribution in [0.4, 0.5) is 0 Å². The standard InChI is InChI=1S/C5H3Br2NS/c6-1-4-5(2-7)9-3-8-4/h1-3H/b4-1+,5-2-. The van der Waals surface area contributed by atoms with E-state index in [4.69, 9.17) is 0 Å². The molecule has 0 unspecified atom stereocenters. The summed E-state index contributed by atoms with van der Waals surface area (Å²) in [6.07, 6.45) is 0. The van der Waals surface area contributed by atoms with Crippen LogP contribution in [0.3, 0.4) is 0 Å². The van der Waals surface area contributed by atoms with E-state index in [0.29, 0.717) is 0 Å². The van der Waals surface area contributed by atoms with Gasteiger partial charge in [0.2, 0.25) is 0 Å². The Balaban J connectivity index is 3.50. The average Bonchev–Trinajstić information content (AvgIpc) is 2.33.